The van der Waals surface area contributed by atoms with Crippen LogP contribution in [-0.4, -0.2) is 19.5 Å². The number of hydrogen-bond acceptors (Lipinski definition) is 5. The van der Waals surface area contributed by atoms with E-state index in [-0.39, 0.29) is 17.4 Å². The van der Waals surface area contributed by atoms with Crippen LogP contribution in [0.5, 0.6) is 0 Å². The van der Waals surface area contributed by atoms with E-state index in [4.69, 9.17) is 0 Å². The number of rotatable bonds is 2. The molecule has 116 valence electrons. The highest BCUT2D eigenvalue weighted by atomic mass is 16.2. The van der Waals surface area contributed by atoms with Gasteiger partial charge in [0.25, 0.3) is 5.56 Å². The smallest absolute Gasteiger partial charge is 0.322 e. The van der Waals surface area contributed by atoms with Gasteiger partial charge in [-0.2, -0.15) is 10.2 Å². The molecular formula is C16H15N5O2. The lowest BCUT2D eigenvalue weighted by atomic mass is 10.1. The van der Waals surface area contributed by atoms with Crippen molar-refractivity contribution in [3.63, 3.8) is 0 Å². The van der Waals surface area contributed by atoms with Gasteiger partial charge in [0.05, 0.1) is 22.7 Å². The molecule has 3 rings (SSSR count). The van der Waals surface area contributed by atoms with Crippen molar-refractivity contribution in [3.05, 3.63) is 44.1 Å². The summed E-state index contributed by atoms with van der Waals surface area (Å²) in [5.41, 5.74) is 1.44. The molecule has 0 unspecified atom stereocenters. The highest BCUT2D eigenvalue weighted by molar-refractivity contribution is 5.81. The maximum Gasteiger partial charge on any atom is 0.349 e. The van der Waals surface area contributed by atoms with Crippen molar-refractivity contribution in [1.82, 2.24) is 19.5 Å². The van der Waals surface area contributed by atoms with E-state index in [9.17, 15) is 14.9 Å². The van der Waals surface area contributed by atoms with Crippen LogP contribution in [-0.2, 0) is 6.54 Å². The van der Waals surface area contributed by atoms with Crippen LogP contribution in [0.4, 0.5) is 0 Å². The number of fused-ring (bicyclic) bond motifs is 2. The second-order valence-corrected chi connectivity index (χ2v) is 5.93. The molecule has 0 amide bonds. The molecule has 0 atom stereocenters. The zero-order chi connectivity index (χ0) is 16.7. The summed E-state index contributed by atoms with van der Waals surface area (Å²) in [7, 11) is 0. The summed E-state index contributed by atoms with van der Waals surface area (Å²) < 4.78 is 1.83. The van der Waals surface area contributed by atoms with E-state index in [1.807, 2.05) is 31.4 Å². The van der Waals surface area contributed by atoms with Crippen molar-refractivity contribution >= 4 is 11.0 Å². The Hall–Kier alpha value is -3.01. The van der Waals surface area contributed by atoms with Crippen LogP contribution in [0, 0.1) is 24.2 Å². The molecule has 0 bridgehead atoms. The molecule has 0 radical (unpaired) electrons. The third-order valence-electron chi connectivity index (χ3n) is 3.62. The van der Waals surface area contributed by atoms with E-state index < -0.39 is 11.2 Å². The fraction of sp³-hybridized carbons (Fsp3) is 0.312. The van der Waals surface area contributed by atoms with Gasteiger partial charge in [-0.05, 0) is 30.5 Å². The molecule has 7 heteroatoms. The minimum atomic E-state index is -0.688. The number of aromatic nitrogens is 4. The van der Waals surface area contributed by atoms with Crippen molar-refractivity contribution < 1.29 is 0 Å². The van der Waals surface area contributed by atoms with Gasteiger partial charge in [0, 0.05) is 6.54 Å². The molecule has 1 aromatic carbocycles. The van der Waals surface area contributed by atoms with Crippen LogP contribution in [0.25, 0.3) is 22.6 Å². The predicted octanol–water partition coefficient (Wildman–Crippen LogP) is 1.42. The Balaban J connectivity index is 2.53. The van der Waals surface area contributed by atoms with Gasteiger partial charge in [-0.3, -0.25) is 9.78 Å². The lowest BCUT2D eigenvalue weighted by molar-refractivity contribution is 0.530. The molecule has 1 N–H and O–H groups in total. The molecule has 0 aromatic heterocycles. The maximum atomic E-state index is 12.1. The van der Waals surface area contributed by atoms with Gasteiger partial charge in [0.15, 0.2) is 11.5 Å². The summed E-state index contributed by atoms with van der Waals surface area (Å²) >= 11 is 0. The first-order chi connectivity index (χ1) is 10.9. The molecule has 0 saturated carbocycles. The zero-order valence-corrected chi connectivity index (χ0v) is 13.0. The molecule has 23 heavy (non-hydrogen) atoms. The Bertz CT molecular complexity index is 1040. The van der Waals surface area contributed by atoms with E-state index in [0.717, 1.165) is 11.1 Å². The number of hydrogen-bond donors (Lipinski definition) is 1. The second kappa shape index (κ2) is 5.32. The van der Waals surface area contributed by atoms with Crippen LogP contribution in [0.1, 0.15) is 25.0 Å². The molecule has 2 aliphatic heterocycles. The first-order valence-corrected chi connectivity index (χ1v) is 7.26. The molecule has 2 aliphatic rings. The summed E-state index contributed by atoms with van der Waals surface area (Å²) in [5, 5.41) is 9.19. The number of aromatic amines is 1. The second-order valence-electron chi connectivity index (χ2n) is 5.93. The van der Waals surface area contributed by atoms with Crippen molar-refractivity contribution in [2.75, 3.05) is 0 Å². The van der Waals surface area contributed by atoms with Crippen molar-refractivity contribution in [2.45, 2.75) is 27.3 Å². The monoisotopic (exact) mass is 309 g/mol. The number of aryl methyl sites for hydroxylation is 1. The van der Waals surface area contributed by atoms with E-state index in [0.29, 0.717) is 17.6 Å². The van der Waals surface area contributed by atoms with Crippen LogP contribution in [0.3, 0.4) is 0 Å². The average Bonchev–Trinajstić information content (AvgIpc) is 2.47. The zero-order valence-electron chi connectivity index (χ0n) is 13.0. The van der Waals surface area contributed by atoms with Gasteiger partial charge in [-0.1, -0.05) is 13.8 Å². The fourth-order valence-electron chi connectivity index (χ4n) is 2.62. The first-order valence-electron chi connectivity index (χ1n) is 7.26. The lowest BCUT2D eigenvalue weighted by Gasteiger charge is -2.18. The maximum absolute atomic E-state index is 12.1. The summed E-state index contributed by atoms with van der Waals surface area (Å²) in [5.74, 6) is 0.546. The largest absolute Gasteiger partial charge is 0.349 e. The van der Waals surface area contributed by atoms with Gasteiger partial charge >= 0.3 is 5.69 Å². The Labute approximate surface area is 131 Å². The molecule has 1 aromatic rings. The SMILES string of the molecule is Cc1cc2c(cc1C#N)nc1c(=O)[nH]c(=O)nc-1n2CC(C)C. The predicted molar refractivity (Wildman–Crippen MR) is 85.3 cm³/mol. The normalized spacial score (nSPS) is 11.3. The van der Waals surface area contributed by atoms with E-state index in [1.54, 1.807) is 6.07 Å². The van der Waals surface area contributed by atoms with Crippen LogP contribution >= 0.6 is 0 Å². The number of nitriles is 1. The quantitative estimate of drug-likeness (QED) is 0.721. The van der Waals surface area contributed by atoms with Gasteiger partial charge in [0.1, 0.15) is 0 Å². The highest BCUT2D eigenvalue weighted by Gasteiger charge is 2.19. The third-order valence-corrected chi connectivity index (χ3v) is 3.62. The van der Waals surface area contributed by atoms with Crippen molar-refractivity contribution in [3.8, 4) is 17.6 Å². The number of H-pyrrole nitrogens is 1. The third kappa shape index (κ3) is 2.48. The minimum Gasteiger partial charge on any atom is -0.322 e. The molecule has 7 nitrogen and oxygen atoms in total. The highest BCUT2D eigenvalue weighted by Crippen LogP contribution is 2.24. The average molecular weight is 309 g/mol. The van der Waals surface area contributed by atoms with Crippen LogP contribution < -0.4 is 11.2 Å². The van der Waals surface area contributed by atoms with E-state index in [1.165, 1.54) is 0 Å². The molecule has 2 heterocycles. The van der Waals surface area contributed by atoms with Gasteiger partial charge < -0.3 is 4.57 Å². The summed E-state index contributed by atoms with van der Waals surface area (Å²) in [6.45, 7) is 6.49. The van der Waals surface area contributed by atoms with Crippen molar-refractivity contribution in [1.29, 1.82) is 5.26 Å². The Morgan fingerprint density at radius 2 is 2.04 bits per heavy atom. The molecule has 0 spiro atoms. The van der Waals surface area contributed by atoms with Crippen LogP contribution in [0.15, 0.2) is 21.7 Å². The fourth-order valence-corrected chi connectivity index (χ4v) is 2.62. The van der Waals surface area contributed by atoms with E-state index in [2.05, 4.69) is 21.0 Å². The molecule has 0 saturated heterocycles. The Kier molecular flexibility index (Phi) is 3.45. The molecule has 0 fully saturated rings. The summed E-state index contributed by atoms with van der Waals surface area (Å²) in [6.07, 6.45) is 0. The summed E-state index contributed by atoms with van der Waals surface area (Å²) in [6, 6.07) is 5.62. The Morgan fingerprint density at radius 1 is 1.30 bits per heavy atom. The number of nitrogens with one attached hydrogen (secondary N) is 1. The van der Waals surface area contributed by atoms with Crippen LogP contribution in [0.2, 0.25) is 0 Å². The standard InChI is InChI=1S/C16H15N5O2/c1-8(2)7-21-12-4-9(3)10(6-17)5-11(12)18-13-14(21)19-16(23)20-15(13)22/h4-5,8H,7H2,1-3H3,(H,20,22,23). The first kappa shape index (κ1) is 14.9. The number of benzene rings is 1. The van der Waals surface area contributed by atoms with Crippen molar-refractivity contribution in [2.24, 2.45) is 5.92 Å². The van der Waals surface area contributed by atoms with Gasteiger partial charge in [-0.15, -0.1) is 0 Å². The summed E-state index contributed by atoms with van der Waals surface area (Å²) in [4.78, 5) is 34.1. The topological polar surface area (TPSA) is 104 Å². The molecule has 0 aliphatic carbocycles. The minimum absolute atomic E-state index is 0.102. The Morgan fingerprint density at radius 3 is 2.70 bits per heavy atom. The van der Waals surface area contributed by atoms with Gasteiger partial charge in [0.2, 0.25) is 0 Å². The van der Waals surface area contributed by atoms with Gasteiger partial charge in [-0.25, -0.2) is 9.78 Å². The lowest BCUT2D eigenvalue weighted by Crippen LogP contribution is -2.29. The van der Waals surface area contributed by atoms with E-state index >= 15 is 0 Å². The number of nitrogens with zero attached hydrogens (tertiary/aromatic N) is 4. The molecular weight excluding hydrogens is 294 g/mol.